The van der Waals surface area contributed by atoms with E-state index in [1.165, 1.54) is 19.3 Å². The van der Waals surface area contributed by atoms with Gasteiger partial charge in [0.05, 0.1) is 11.1 Å². The van der Waals surface area contributed by atoms with Crippen molar-refractivity contribution in [2.24, 2.45) is 5.92 Å². The molecule has 102 valence electrons. The van der Waals surface area contributed by atoms with E-state index in [0.29, 0.717) is 11.1 Å². The maximum Gasteiger partial charge on any atom is 0.152 e. The Balaban J connectivity index is 1.87. The van der Waals surface area contributed by atoms with Gasteiger partial charge >= 0.3 is 0 Å². The summed E-state index contributed by atoms with van der Waals surface area (Å²) in [5.41, 5.74) is 0.818. The Labute approximate surface area is 119 Å². The van der Waals surface area contributed by atoms with Crippen molar-refractivity contribution in [2.75, 3.05) is 6.54 Å². The number of halogens is 1. The number of furan rings is 1. The third-order valence-electron chi connectivity index (χ3n) is 3.77. The zero-order valence-corrected chi connectivity index (χ0v) is 12.0. The Morgan fingerprint density at radius 2 is 2.26 bits per heavy atom. The minimum Gasteiger partial charge on any atom is -0.458 e. The molecule has 0 spiro atoms. The summed E-state index contributed by atoms with van der Waals surface area (Å²) < 4.78 is 5.99. The van der Waals surface area contributed by atoms with Crippen molar-refractivity contribution in [3.05, 3.63) is 35.0 Å². The Hall–Kier alpha value is -0.990. The summed E-state index contributed by atoms with van der Waals surface area (Å²) in [4.78, 5) is 0. The number of hydrogen-bond acceptors (Lipinski definition) is 2. The molecular weight excluding hydrogens is 258 g/mol. The molecule has 0 amide bonds. The number of nitrogens with one attached hydrogen (secondary N) is 1. The first kappa shape index (κ1) is 13.0. The van der Waals surface area contributed by atoms with Crippen LogP contribution in [0.5, 0.6) is 0 Å². The molecule has 1 unspecified atom stereocenters. The van der Waals surface area contributed by atoms with E-state index in [4.69, 9.17) is 16.0 Å². The topological polar surface area (TPSA) is 25.2 Å². The Bertz CT molecular complexity index is 559. The van der Waals surface area contributed by atoms with Gasteiger partial charge in [-0.3, -0.25) is 0 Å². The van der Waals surface area contributed by atoms with Crippen LogP contribution < -0.4 is 5.32 Å². The number of rotatable bonds is 6. The molecule has 1 aromatic heterocycles. The fourth-order valence-corrected chi connectivity index (χ4v) is 2.75. The lowest BCUT2D eigenvalue weighted by molar-refractivity contribution is 0.396. The first-order valence-corrected chi connectivity index (χ1v) is 7.57. The van der Waals surface area contributed by atoms with Crippen LogP contribution in [0.25, 0.3) is 11.0 Å². The van der Waals surface area contributed by atoms with Crippen molar-refractivity contribution in [2.45, 2.75) is 38.6 Å². The highest BCUT2D eigenvalue weighted by Crippen LogP contribution is 2.39. The lowest BCUT2D eigenvalue weighted by Gasteiger charge is -2.15. The minimum absolute atomic E-state index is 0.330. The van der Waals surface area contributed by atoms with Gasteiger partial charge in [0.15, 0.2) is 5.58 Å². The molecular formula is C16H20ClNO. The Kier molecular flexibility index (Phi) is 3.81. The second-order valence-electron chi connectivity index (χ2n) is 5.49. The zero-order valence-electron chi connectivity index (χ0n) is 11.3. The fourth-order valence-electron chi connectivity index (χ4n) is 2.52. The van der Waals surface area contributed by atoms with E-state index < -0.39 is 0 Å². The molecule has 0 saturated heterocycles. The first-order chi connectivity index (χ1) is 9.28. The van der Waals surface area contributed by atoms with Crippen LogP contribution in [-0.4, -0.2) is 6.54 Å². The molecule has 2 nitrogen and oxygen atoms in total. The molecule has 1 atom stereocenters. The molecule has 2 aromatic rings. The van der Waals surface area contributed by atoms with E-state index in [2.05, 4.69) is 24.4 Å². The van der Waals surface area contributed by atoms with Gasteiger partial charge in [0.1, 0.15) is 5.76 Å². The zero-order chi connectivity index (χ0) is 13.2. The number of fused-ring (bicyclic) bond motifs is 1. The monoisotopic (exact) mass is 277 g/mol. The average molecular weight is 278 g/mol. The minimum atomic E-state index is 0.330. The van der Waals surface area contributed by atoms with Gasteiger partial charge in [0.25, 0.3) is 0 Å². The summed E-state index contributed by atoms with van der Waals surface area (Å²) >= 11 is 6.18. The largest absolute Gasteiger partial charge is 0.458 e. The number of hydrogen-bond donors (Lipinski definition) is 1. The average Bonchev–Trinajstić information content (AvgIpc) is 3.11. The summed E-state index contributed by atoms with van der Waals surface area (Å²) in [6.07, 6.45) is 5.05. The van der Waals surface area contributed by atoms with Crippen molar-refractivity contribution in [1.82, 2.24) is 5.32 Å². The van der Waals surface area contributed by atoms with Crippen LogP contribution in [0.4, 0.5) is 0 Å². The van der Waals surface area contributed by atoms with Crippen LogP contribution in [0, 0.1) is 5.92 Å². The van der Waals surface area contributed by atoms with E-state index in [1.807, 2.05) is 12.1 Å². The standard InChI is InChI=1S/C16H20ClNO/c1-2-8-18-14(9-11-6-7-11)15-10-12-4-3-5-13(17)16(12)19-15/h3-5,10-11,14,18H,2,6-9H2,1H3. The maximum absolute atomic E-state index is 6.18. The molecule has 1 aliphatic rings. The Morgan fingerprint density at radius 3 is 2.95 bits per heavy atom. The quantitative estimate of drug-likeness (QED) is 0.810. The third kappa shape index (κ3) is 2.96. The van der Waals surface area contributed by atoms with Crippen LogP contribution in [0.3, 0.4) is 0 Å². The van der Waals surface area contributed by atoms with Crippen LogP contribution in [0.15, 0.2) is 28.7 Å². The summed E-state index contributed by atoms with van der Waals surface area (Å²) in [5.74, 6) is 1.90. The number of benzene rings is 1. The van der Waals surface area contributed by atoms with E-state index in [0.717, 1.165) is 35.6 Å². The molecule has 1 aliphatic carbocycles. The van der Waals surface area contributed by atoms with Crippen LogP contribution >= 0.6 is 11.6 Å². The molecule has 1 fully saturated rings. The molecule has 0 aliphatic heterocycles. The van der Waals surface area contributed by atoms with Crippen LogP contribution in [0.2, 0.25) is 5.02 Å². The van der Waals surface area contributed by atoms with E-state index in [1.54, 1.807) is 0 Å². The van der Waals surface area contributed by atoms with Crippen molar-refractivity contribution < 1.29 is 4.42 Å². The predicted molar refractivity (Wildman–Crippen MR) is 79.6 cm³/mol. The van der Waals surface area contributed by atoms with Crippen LogP contribution in [0.1, 0.15) is 44.4 Å². The summed E-state index contributed by atoms with van der Waals surface area (Å²) in [5, 5.41) is 5.40. The summed E-state index contributed by atoms with van der Waals surface area (Å²) in [7, 11) is 0. The molecule has 1 N–H and O–H groups in total. The molecule has 3 rings (SSSR count). The van der Waals surface area contributed by atoms with Gasteiger partial charge in [0, 0.05) is 5.39 Å². The van der Waals surface area contributed by atoms with Crippen molar-refractivity contribution in [3.8, 4) is 0 Å². The van der Waals surface area contributed by atoms with Crippen LogP contribution in [-0.2, 0) is 0 Å². The third-order valence-corrected chi connectivity index (χ3v) is 4.06. The van der Waals surface area contributed by atoms with E-state index >= 15 is 0 Å². The molecule has 0 bridgehead atoms. The van der Waals surface area contributed by atoms with Gasteiger partial charge < -0.3 is 9.73 Å². The molecule has 3 heteroatoms. The molecule has 19 heavy (non-hydrogen) atoms. The lowest BCUT2D eigenvalue weighted by atomic mass is 10.1. The first-order valence-electron chi connectivity index (χ1n) is 7.19. The van der Waals surface area contributed by atoms with Gasteiger partial charge in [-0.25, -0.2) is 0 Å². The highest BCUT2D eigenvalue weighted by Gasteiger charge is 2.27. The van der Waals surface area contributed by atoms with Crippen molar-refractivity contribution >= 4 is 22.6 Å². The van der Waals surface area contributed by atoms with Gasteiger partial charge in [-0.1, -0.05) is 43.5 Å². The maximum atomic E-state index is 6.18. The smallest absolute Gasteiger partial charge is 0.152 e. The van der Waals surface area contributed by atoms with Gasteiger partial charge in [-0.2, -0.15) is 0 Å². The highest BCUT2D eigenvalue weighted by atomic mass is 35.5. The van der Waals surface area contributed by atoms with E-state index in [9.17, 15) is 0 Å². The SMILES string of the molecule is CCCNC(CC1CC1)c1cc2cccc(Cl)c2o1. The Morgan fingerprint density at radius 1 is 1.42 bits per heavy atom. The normalized spacial score (nSPS) is 16.9. The molecule has 1 saturated carbocycles. The van der Waals surface area contributed by atoms with Gasteiger partial charge in [0.2, 0.25) is 0 Å². The van der Waals surface area contributed by atoms with E-state index in [-0.39, 0.29) is 0 Å². The van der Waals surface area contributed by atoms with Crippen molar-refractivity contribution in [1.29, 1.82) is 0 Å². The highest BCUT2D eigenvalue weighted by molar-refractivity contribution is 6.34. The number of para-hydroxylation sites is 1. The predicted octanol–water partition coefficient (Wildman–Crippen LogP) is 4.93. The second-order valence-corrected chi connectivity index (χ2v) is 5.90. The summed E-state index contributed by atoms with van der Waals surface area (Å²) in [6.45, 7) is 3.22. The molecule has 1 aromatic carbocycles. The lowest BCUT2D eigenvalue weighted by Crippen LogP contribution is -2.22. The molecule has 1 heterocycles. The molecule has 0 radical (unpaired) electrons. The fraction of sp³-hybridized carbons (Fsp3) is 0.500. The second kappa shape index (κ2) is 5.56. The van der Waals surface area contributed by atoms with Crippen molar-refractivity contribution in [3.63, 3.8) is 0 Å². The van der Waals surface area contributed by atoms with Gasteiger partial charge in [-0.05, 0) is 37.4 Å². The van der Waals surface area contributed by atoms with Gasteiger partial charge in [-0.15, -0.1) is 0 Å². The summed E-state index contributed by atoms with van der Waals surface area (Å²) in [6, 6.07) is 8.38.